The first-order valence-corrected chi connectivity index (χ1v) is 7.27. The van der Waals surface area contributed by atoms with Crippen LogP contribution in [0.25, 0.3) is 0 Å². The van der Waals surface area contributed by atoms with Crippen LogP contribution < -0.4 is 4.74 Å². The molecule has 0 atom stereocenters. The third kappa shape index (κ3) is 3.80. The van der Waals surface area contributed by atoms with E-state index in [2.05, 4.69) is 0 Å². The van der Waals surface area contributed by atoms with Crippen molar-refractivity contribution in [2.24, 2.45) is 5.92 Å². The SMILES string of the molecule is CCOC1CCC(C(=O)Oc2cc(F)c(C#N)c(F)c2)CC1. The molecule has 0 bridgehead atoms. The first-order chi connectivity index (χ1) is 10.5. The molecule has 0 aliphatic heterocycles. The van der Waals surface area contributed by atoms with E-state index in [1.54, 1.807) is 0 Å². The summed E-state index contributed by atoms with van der Waals surface area (Å²) in [6, 6.07) is 3.12. The summed E-state index contributed by atoms with van der Waals surface area (Å²) in [5.74, 6) is -3.08. The van der Waals surface area contributed by atoms with Gasteiger partial charge in [-0.15, -0.1) is 0 Å². The number of halogens is 2. The summed E-state index contributed by atoms with van der Waals surface area (Å²) in [5, 5.41) is 8.59. The molecule has 1 saturated carbocycles. The third-order valence-electron chi connectivity index (χ3n) is 3.76. The van der Waals surface area contributed by atoms with Crippen molar-refractivity contribution < 1.29 is 23.0 Å². The van der Waals surface area contributed by atoms with E-state index in [0.29, 0.717) is 19.4 Å². The summed E-state index contributed by atoms with van der Waals surface area (Å²) in [6.07, 6.45) is 2.96. The molecule has 0 aromatic heterocycles. The number of ether oxygens (including phenoxy) is 2. The van der Waals surface area contributed by atoms with Crippen molar-refractivity contribution in [3.63, 3.8) is 0 Å². The van der Waals surface area contributed by atoms with Crippen LogP contribution in [0.15, 0.2) is 12.1 Å². The largest absolute Gasteiger partial charge is 0.426 e. The van der Waals surface area contributed by atoms with Crippen molar-refractivity contribution in [1.29, 1.82) is 5.26 Å². The topological polar surface area (TPSA) is 59.3 Å². The highest BCUT2D eigenvalue weighted by molar-refractivity contribution is 5.75. The molecule has 1 aliphatic carbocycles. The van der Waals surface area contributed by atoms with Gasteiger partial charge in [0.2, 0.25) is 0 Å². The van der Waals surface area contributed by atoms with Crippen molar-refractivity contribution in [2.75, 3.05) is 6.61 Å². The molecule has 0 spiro atoms. The summed E-state index contributed by atoms with van der Waals surface area (Å²) in [7, 11) is 0. The van der Waals surface area contributed by atoms with Crippen LogP contribution in [0, 0.1) is 28.9 Å². The van der Waals surface area contributed by atoms with Gasteiger partial charge in [-0.1, -0.05) is 0 Å². The normalized spacial score (nSPS) is 21.2. The first kappa shape index (κ1) is 16.4. The first-order valence-electron chi connectivity index (χ1n) is 7.27. The van der Waals surface area contributed by atoms with Crippen molar-refractivity contribution >= 4 is 5.97 Å². The van der Waals surface area contributed by atoms with E-state index in [4.69, 9.17) is 14.7 Å². The maximum atomic E-state index is 13.5. The van der Waals surface area contributed by atoms with E-state index in [-0.39, 0.29) is 17.8 Å². The Morgan fingerprint density at radius 1 is 1.27 bits per heavy atom. The molecule has 22 heavy (non-hydrogen) atoms. The Kier molecular flexibility index (Phi) is 5.45. The molecule has 6 heteroatoms. The maximum absolute atomic E-state index is 13.5. The minimum absolute atomic E-state index is 0.166. The van der Waals surface area contributed by atoms with Crippen molar-refractivity contribution in [3.05, 3.63) is 29.3 Å². The number of nitrogens with zero attached hydrogens (tertiary/aromatic N) is 1. The van der Waals surface area contributed by atoms with E-state index in [9.17, 15) is 13.6 Å². The van der Waals surface area contributed by atoms with Gasteiger partial charge in [-0.05, 0) is 32.6 Å². The molecule has 1 aromatic rings. The van der Waals surface area contributed by atoms with Crippen LogP contribution in [0.4, 0.5) is 8.78 Å². The van der Waals surface area contributed by atoms with Gasteiger partial charge in [0, 0.05) is 18.7 Å². The minimum atomic E-state index is -1.04. The second-order valence-corrected chi connectivity index (χ2v) is 5.22. The van der Waals surface area contributed by atoms with Gasteiger partial charge < -0.3 is 9.47 Å². The molecular formula is C16H17F2NO3. The van der Waals surface area contributed by atoms with Gasteiger partial charge >= 0.3 is 5.97 Å². The van der Waals surface area contributed by atoms with Gasteiger partial charge in [0.1, 0.15) is 29.0 Å². The van der Waals surface area contributed by atoms with Gasteiger partial charge in [-0.3, -0.25) is 4.79 Å². The van der Waals surface area contributed by atoms with Crippen molar-refractivity contribution in [2.45, 2.75) is 38.7 Å². The number of esters is 1. The van der Waals surface area contributed by atoms with Crippen LogP contribution in [-0.4, -0.2) is 18.7 Å². The Labute approximate surface area is 127 Å². The molecule has 2 rings (SSSR count). The van der Waals surface area contributed by atoms with Crippen LogP contribution in [0.1, 0.15) is 38.2 Å². The molecular weight excluding hydrogens is 292 g/mol. The second kappa shape index (κ2) is 7.32. The van der Waals surface area contributed by atoms with Crippen LogP contribution in [0.2, 0.25) is 0 Å². The van der Waals surface area contributed by atoms with E-state index in [1.165, 1.54) is 6.07 Å². The highest BCUT2D eigenvalue weighted by Crippen LogP contribution is 2.28. The third-order valence-corrected chi connectivity index (χ3v) is 3.76. The Balaban J connectivity index is 1.97. The zero-order valence-electron chi connectivity index (χ0n) is 12.3. The molecule has 0 amide bonds. The number of hydrogen-bond acceptors (Lipinski definition) is 4. The van der Waals surface area contributed by atoms with E-state index >= 15 is 0 Å². The lowest BCUT2D eigenvalue weighted by molar-refractivity contribution is -0.141. The standard InChI is InChI=1S/C16H17F2NO3/c1-2-21-11-5-3-10(4-6-11)16(20)22-12-7-14(17)13(9-19)15(18)8-12/h7-8,10-11H,2-6H2,1H3. The monoisotopic (exact) mass is 309 g/mol. The lowest BCUT2D eigenvalue weighted by Gasteiger charge is -2.26. The van der Waals surface area contributed by atoms with E-state index in [0.717, 1.165) is 25.0 Å². The molecule has 0 saturated heterocycles. The fraction of sp³-hybridized carbons (Fsp3) is 0.500. The number of benzene rings is 1. The Hall–Kier alpha value is -2.00. The molecule has 0 heterocycles. The molecule has 1 fully saturated rings. The second-order valence-electron chi connectivity index (χ2n) is 5.22. The summed E-state index contributed by atoms with van der Waals surface area (Å²) >= 11 is 0. The summed E-state index contributed by atoms with van der Waals surface area (Å²) < 4.78 is 37.5. The summed E-state index contributed by atoms with van der Waals surface area (Å²) in [5.41, 5.74) is -0.683. The number of carbonyl (C=O) groups excluding carboxylic acids is 1. The molecule has 0 radical (unpaired) electrons. The van der Waals surface area contributed by atoms with E-state index in [1.807, 2.05) is 6.92 Å². The molecule has 1 aromatic carbocycles. The molecule has 0 unspecified atom stereocenters. The quantitative estimate of drug-likeness (QED) is 0.632. The zero-order valence-corrected chi connectivity index (χ0v) is 12.3. The Bertz CT molecular complexity index is 567. The number of rotatable bonds is 4. The fourth-order valence-electron chi connectivity index (χ4n) is 2.62. The Morgan fingerprint density at radius 3 is 2.36 bits per heavy atom. The highest BCUT2D eigenvalue weighted by atomic mass is 19.1. The predicted molar refractivity (Wildman–Crippen MR) is 74.1 cm³/mol. The van der Waals surface area contributed by atoms with Gasteiger partial charge in [-0.2, -0.15) is 5.26 Å². The summed E-state index contributed by atoms with van der Waals surface area (Å²) in [6.45, 7) is 2.57. The fourth-order valence-corrected chi connectivity index (χ4v) is 2.62. The van der Waals surface area contributed by atoms with Crippen LogP contribution in [0.3, 0.4) is 0 Å². The number of carbonyl (C=O) groups is 1. The lowest BCUT2D eigenvalue weighted by atomic mass is 9.87. The zero-order chi connectivity index (χ0) is 16.1. The average Bonchev–Trinajstić information content (AvgIpc) is 2.48. The Morgan fingerprint density at radius 2 is 1.86 bits per heavy atom. The molecule has 0 N–H and O–H groups in total. The van der Waals surface area contributed by atoms with Crippen LogP contribution in [0.5, 0.6) is 5.75 Å². The van der Waals surface area contributed by atoms with Gasteiger partial charge in [0.05, 0.1) is 12.0 Å². The van der Waals surface area contributed by atoms with E-state index < -0.39 is 23.2 Å². The smallest absolute Gasteiger partial charge is 0.314 e. The van der Waals surface area contributed by atoms with Crippen molar-refractivity contribution in [1.82, 2.24) is 0 Å². The molecule has 118 valence electrons. The molecule has 1 aliphatic rings. The minimum Gasteiger partial charge on any atom is -0.426 e. The van der Waals surface area contributed by atoms with Crippen molar-refractivity contribution in [3.8, 4) is 11.8 Å². The number of nitriles is 1. The highest BCUT2D eigenvalue weighted by Gasteiger charge is 2.28. The van der Waals surface area contributed by atoms with Gasteiger partial charge in [0.15, 0.2) is 0 Å². The van der Waals surface area contributed by atoms with Gasteiger partial charge in [0.25, 0.3) is 0 Å². The summed E-state index contributed by atoms with van der Waals surface area (Å²) in [4.78, 5) is 12.0. The van der Waals surface area contributed by atoms with Crippen LogP contribution in [-0.2, 0) is 9.53 Å². The maximum Gasteiger partial charge on any atom is 0.314 e. The number of hydrogen-bond donors (Lipinski definition) is 0. The van der Waals surface area contributed by atoms with Gasteiger partial charge in [-0.25, -0.2) is 8.78 Å². The lowest BCUT2D eigenvalue weighted by Crippen LogP contribution is -2.29. The van der Waals surface area contributed by atoms with Crippen LogP contribution >= 0.6 is 0 Å². The predicted octanol–water partition coefficient (Wildman–Crippen LogP) is 3.34. The molecule has 4 nitrogen and oxygen atoms in total. The average molecular weight is 309 g/mol.